The first-order chi connectivity index (χ1) is 7.21. The molecule has 1 heterocycles. The zero-order valence-corrected chi connectivity index (χ0v) is 9.35. The summed E-state index contributed by atoms with van der Waals surface area (Å²) < 4.78 is 19.4. The number of hydrogen-bond acceptors (Lipinski definition) is 1. The topological polar surface area (TPSA) is 9.23 Å². The molecule has 0 unspecified atom stereocenters. The average Bonchev–Trinajstić information content (AvgIpc) is 2.29. The second-order valence-corrected chi connectivity index (χ2v) is 4.21. The van der Waals surface area contributed by atoms with Gasteiger partial charge < -0.3 is 4.74 Å². The van der Waals surface area contributed by atoms with Gasteiger partial charge in [-0.1, -0.05) is 19.9 Å². The zero-order valence-electron chi connectivity index (χ0n) is 9.35. The van der Waals surface area contributed by atoms with Gasteiger partial charge in [0, 0.05) is 5.56 Å². The molecule has 0 atom stereocenters. The number of benzene rings is 1. The summed E-state index contributed by atoms with van der Waals surface area (Å²) in [6.45, 7) is 4.27. The third-order valence-corrected chi connectivity index (χ3v) is 3.52. The number of ether oxygens (including phenoxy) is 1. The molecule has 1 nitrogen and oxygen atoms in total. The van der Waals surface area contributed by atoms with E-state index >= 15 is 0 Å². The second-order valence-electron chi connectivity index (χ2n) is 4.21. The van der Waals surface area contributed by atoms with Crippen LogP contribution in [0.25, 0.3) is 0 Å². The summed E-state index contributed by atoms with van der Waals surface area (Å²) in [5.74, 6) is 0.609. The van der Waals surface area contributed by atoms with E-state index in [2.05, 4.69) is 13.8 Å². The molecule has 0 aromatic heterocycles. The second kappa shape index (κ2) is 3.84. The molecule has 15 heavy (non-hydrogen) atoms. The fourth-order valence-corrected chi connectivity index (χ4v) is 2.26. The Morgan fingerprint density at radius 3 is 2.73 bits per heavy atom. The van der Waals surface area contributed by atoms with Crippen molar-refractivity contribution in [3.8, 4) is 5.75 Å². The van der Waals surface area contributed by atoms with Crippen LogP contribution in [0.2, 0.25) is 0 Å². The lowest BCUT2D eigenvalue weighted by Gasteiger charge is -2.37. The van der Waals surface area contributed by atoms with Gasteiger partial charge in [0.2, 0.25) is 0 Å². The van der Waals surface area contributed by atoms with Crippen molar-refractivity contribution in [2.24, 2.45) is 0 Å². The fourth-order valence-electron chi connectivity index (χ4n) is 2.26. The van der Waals surface area contributed by atoms with Crippen molar-refractivity contribution in [1.29, 1.82) is 0 Å². The van der Waals surface area contributed by atoms with E-state index in [1.165, 1.54) is 6.07 Å². The van der Waals surface area contributed by atoms with Crippen LogP contribution in [0.1, 0.15) is 38.7 Å². The van der Waals surface area contributed by atoms with Crippen molar-refractivity contribution in [2.45, 2.75) is 45.1 Å². The monoisotopic (exact) mass is 208 g/mol. The van der Waals surface area contributed by atoms with E-state index in [4.69, 9.17) is 4.74 Å². The SMILES string of the molecule is CCC1(CC)CCc2c(F)cccc2O1. The van der Waals surface area contributed by atoms with Crippen LogP contribution in [0.4, 0.5) is 4.39 Å². The van der Waals surface area contributed by atoms with Crippen LogP contribution in [0, 0.1) is 5.82 Å². The highest BCUT2D eigenvalue weighted by molar-refractivity contribution is 5.37. The van der Waals surface area contributed by atoms with Crippen LogP contribution < -0.4 is 4.74 Å². The number of halogens is 1. The van der Waals surface area contributed by atoms with Crippen LogP contribution in [0.3, 0.4) is 0 Å². The molecule has 0 fully saturated rings. The smallest absolute Gasteiger partial charge is 0.130 e. The molecule has 1 aromatic rings. The fraction of sp³-hybridized carbons (Fsp3) is 0.538. The van der Waals surface area contributed by atoms with E-state index in [-0.39, 0.29) is 11.4 Å². The van der Waals surface area contributed by atoms with Crippen LogP contribution in [-0.2, 0) is 6.42 Å². The summed E-state index contributed by atoms with van der Waals surface area (Å²) in [7, 11) is 0. The lowest BCUT2D eigenvalue weighted by atomic mass is 9.86. The molecule has 0 spiro atoms. The van der Waals surface area contributed by atoms with E-state index in [0.29, 0.717) is 0 Å². The minimum Gasteiger partial charge on any atom is -0.487 e. The summed E-state index contributed by atoms with van der Waals surface area (Å²) in [6, 6.07) is 5.10. The van der Waals surface area contributed by atoms with E-state index in [1.807, 2.05) is 6.07 Å². The van der Waals surface area contributed by atoms with Crippen molar-refractivity contribution in [3.63, 3.8) is 0 Å². The maximum absolute atomic E-state index is 13.5. The third kappa shape index (κ3) is 1.73. The van der Waals surface area contributed by atoms with E-state index in [0.717, 1.165) is 37.0 Å². The molecule has 0 saturated carbocycles. The molecule has 0 radical (unpaired) electrons. The van der Waals surface area contributed by atoms with Gasteiger partial charge in [-0.2, -0.15) is 0 Å². The normalized spacial score (nSPS) is 18.1. The summed E-state index contributed by atoms with van der Waals surface area (Å²) in [4.78, 5) is 0. The van der Waals surface area contributed by atoms with Gasteiger partial charge in [0.15, 0.2) is 0 Å². The number of fused-ring (bicyclic) bond motifs is 1. The van der Waals surface area contributed by atoms with Gasteiger partial charge in [0.1, 0.15) is 17.2 Å². The molecule has 1 aromatic carbocycles. The molecular formula is C13H17FO. The Morgan fingerprint density at radius 1 is 1.33 bits per heavy atom. The van der Waals surface area contributed by atoms with Crippen LogP contribution in [-0.4, -0.2) is 5.60 Å². The predicted molar refractivity (Wildman–Crippen MR) is 58.7 cm³/mol. The Hall–Kier alpha value is -1.05. The molecular weight excluding hydrogens is 191 g/mol. The average molecular weight is 208 g/mol. The van der Waals surface area contributed by atoms with Gasteiger partial charge in [-0.05, 0) is 37.8 Å². The molecule has 0 N–H and O–H groups in total. The lowest BCUT2D eigenvalue weighted by Crippen LogP contribution is -2.38. The van der Waals surface area contributed by atoms with Crippen LogP contribution >= 0.6 is 0 Å². The van der Waals surface area contributed by atoms with Gasteiger partial charge in [0.05, 0.1) is 0 Å². The van der Waals surface area contributed by atoms with Crippen molar-refractivity contribution in [3.05, 3.63) is 29.6 Å². The standard InChI is InChI=1S/C13H17FO/c1-3-13(4-2)9-8-10-11(14)6-5-7-12(10)15-13/h5-7H,3-4,8-9H2,1-2H3. The van der Waals surface area contributed by atoms with E-state index in [9.17, 15) is 4.39 Å². The molecule has 82 valence electrons. The van der Waals surface area contributed by atoms with Crippen LogP contribution in [0.5, 0.6) is 5.75 Å². The molecule has 0 bridgehead atoms. The summed E-state index contributed by atoms with van der Waals surface area (Å²) in [5.41, 5.74) is 0.677. The largest absolute Gasteiger partial charge is 0.487 e. The zero-order chi connectivity index (χ0) is 10.9. The first-order valence-corrected chi connectivity index (χ1v) is 5.67. The highest BCUT2D eigenvalue weighted by atomic mass is 19.1. The third-order valence-electron chi connectivity index (χ3n) is 3.52. The first-order valence-electron chi connectivity index (χ1n) is 5.67. The van der Waals surface area contributed by atoms with Gasteiger partial charge in [-0.25, -0.2) is 4.39 Å². The van der Waals surface area contributed by atoms with Gasteiger partial charge >= 0.3 is 0 Å². The van der Waals surface area contributed by atoms with E-state index in [1.54, 1.807) is 6.07 Å². The van der Waals surface area contributed by atoms with Gasteiger partial charge in [0.25, 0.3) is 0 Å². The minimum absolute atomic E-state index is 0.0687. The molecule has 2 heteroatoms. The highest BCUT2D eigenvalue weighted by Crippen LogP contribution is 2.37. The van der Waals surface area contributed by atoms with Gasteiger partial charge in [-0.3, -0.25) is 0 Å². The number of rotatable bonds is 2. The Kier molecular flexibility index (Phi) is 2.68. The molecule has 2 rings (SSSR count). The van der Waals surface area contributed by atoms with Gasteiger partial charge in [-0.15, -0.1) is 0 Å². The Balaban J connectivity index is 2.34. The molecule has 1 aliphatic heterocycles. The quantitative estimate of drug-likeness (QED) is 0.720. The molecule has 1 aliphatic rings. The van der Waals surface area contributed by atoms with Crippen molar-refractivity contribution in [1.82, 2.24) is 0 Å². The van der Waals surface area contributed by atoms with E-state index < -0.39 is 0 Å². The Labute approximate surface area is 90.3 Å². The van der Waals surface area contributed by atoms with Crippen LogP contribution in [0.15, 0.2) is 18.2 Å². The maximum atomic E-state index is 13.5. The van der Waals surface area contributed by atoms with Crippen molar-refractivity contribution >= 4 is 0 Å². The molecule has 0 saturated heterocycles. The first kappa shape index (κ1) is 10.5. The lowest BCUT2D eigenvalue weighted by molar-refractivity contribution is 0.0372. The summed E-state index contributed by atoms with van der Waals surface area (Å²) >= 11 is 0. The minimum atomic E-state index is -0.131. The maximum Gasteiger partial charge on any atom is 0.130 e. The number of hydrogen-bond donors (Lipinski definition) is 0. The molecule has 0 aliphatic carbocycles. The predicted octanol–water partition coefficient (Wildman–Crippen LogP) is 3.71. The van der Waals surface area contributed by atoms with Crippen molar-refractivity contribution < 1.29 is 9.13 Å². The summed E-state index contributed by atoms with van der Waals surface area (Å²) in [5, 5.41) is 0. The van der Waals surface area contributed by atoms with Crippen molar-refractivity contribution in [2.75, 3.05) is 0 Å². The molecule has 0 amide bonds. The Morgan fingerprint density at radius 2 is 2.07 bits per heavy atom. The highest BCUT2D eigenvalue weighted by Gasteiger charge is 2.33. The Bertz CT molecular complexity index is 356. The summed E-state index contributed by atoms with van der Waals surface area (Å²) in [6.07, 6.45) is 3.69.